The lowest BCUT2D eigenvalue weighted by Crippen LogP contribution is -2.23. The molecule has 0 unspecified atom stereocenters. The molecule has 17 heavy (non-hydrogen) atoms. The van der Waals surface area contributed by atoms with E-state index in [0.717, 1.165) is 5.69 Å². The van der Waals surface area contributed by atoms with E-state index in [1.807, 2.05) is 0 Å². The second-order valence-electron chi connectivity index (χ2n) is 3.36. The Kier molecular flexibility index (Phi) is 3.34. The smallest absolute Gasteiger partial charge is 0.270 e. The number of nitrogens with zero attached hydrogens (tertiary/aromatic N) is 2. The molecule has 88 valence electrons. The average Bonchev–Trinajstić information content (AvgIpc) is 2.89. The van der Waals surface area contributed by atoms with Crippen molar-refractivity contribution in [2.24, 2.45) is 0 Å². The van der Waals surface area contributed by atoms with Gasteiger partial charge in [0.15, 0.2) is 0 Å². The summed E-state index contributed by atoms with van der Waals surface area (Å²) in [5.74, 6) is -0.240. The van der Waals surface area contributed by atoms with Crippen molar-refractivity contribution in [1.29, 1.82) is 0 Å². The van der Waals surface area contributed by atoms with Gasteiger partial charge in [-0.2, -0.15) is 0 Å². The highest BCUT2D eigenvalue weighted by atomic mass is 16.5. The van der Waals surface area contributed by atoms with Gasteiger partial charge in [-0.15, -0.1) is 0 Å². The van der Waals surface area contributed by atoms with Gasteiger partial charge in [-0.05, 0) is 12.1 Å². The Hall–Kier alpha value is -2.37. The van der Waals surface area contributed by atoms with Crippen molar-refractivity contribution in [2.75, 3.05) is 12.4 Å². The van der Waals surface area contributed by atoms with Gasteiger partial charge in [-0.25, -0.2) is 4.98 Å². The highest BCUT2D eigenvalue weighted by Crippen LogP contribution is 2.04. The van der Waals surface area contributed by atoms with Crippen molar-refractivity contribution in [3.05, 3.63) is 42.0 Å². The minimum atomic E-state index is -0.240. The molecule has 0 saturated heterocycles. The largest absolute Gasteiger partial charge is 0.387 e. The maximum atomic E-state index is 11.7. The highest BCUT2D eigenvalue weighted by Gasteiger charge is 2.07. The van der Waals surface area contributed by atoms with E-state index in [1.54, 1.807) is 31.4 Å². The van der Waals surface area contributed by atoms with Crippen LogP contribution in [-0.2, 0) is 6.54 Å². The first-order valence-electron chi connectivity index (χ1n) is 5.11. The lowest BCUT2D eigenvalue weighted by molar-refractivity contribution is 0.0945. The van der Waals surface area contributed by atoms with E-state index in [1.165, 1.54) is 6.26 Å². The zero-order valence-electron chi connectivity index (χ0n) is 9.30. The van der Waals surface area contributed by atoms with Gasteiger partial charge >= 0.3 is 0 Å². The normalized spacial score (nSPS) is 9.94. The van der Waals surface area contributed by atoms with Gasteiger partial charge < -0.3 is 15.2 Å². The fourth-order valence-corrected chi connectivity index (χ4v) is 1.27. The van der Waals surface area contributed by atoms with Crippen LogP contribution < -0.4 is 10.6 Å². The summed E-state index contributed by atoms with van der Waals surface area (Å²) in [5, 5.41) is 9.31. The SMILES string of the molecule is CNc1ccc(C(=O)NCc2ccon2)nc1. The quantitative estimate of drug-likeness (QED) is 0.823. The van der Waals surface area contributed by atoms with Crippen LogP contribution in [0, 0.1) is 0 Å². The Bertz CT molecular complexity index is 479. The molecule has 6 heteroatoms. The number of rotatable bonds is 4. The number of pyridine rings is 1. The van der Waals surface area contributed by atoms with Crippen molar-refractivity contribution < 1.29 is 9.32 Å². The molecule has 2 N–H and O–H groups in total. The third kappa shape index (κ3) is 2.81. The van der Waals surface area contributed by atoms with Crippen molar-refractivity contribution >= 4 is 11.6 Å². The van der Waals surface area contributed by atoms with Crippen LogP contribution in [0.2, 0.25) is 0 Å². The molecule has 0 aliphatic heterocycles. The van der Waals surface area contributed by atoms with E-state index in [-0.39, 0.29) is 5.91 Å². The molecule has 0 spiro atoms. The summed E-state index contributed by atoms with van der Waals surface area (Å²) >= 11 is 0. The Balaban J connectivity index is 1.95. The van der Waals surface area contributed by atoms with Crippen LogP contribution in [0.4, 0.5) is 5.69 Å². The molecule has 0 bridgehead atoms. The molecule has 2 aromatic heterocycles. The summed E-state index contributed by atoms with van der Waals surface area (Å²) in [4.78, 5) is 15.7. The second kappa shape index (κ2) is 5.11. The third-order valence-corrected chi connectivity index (χ3v) is 2.21. The van der Waals surface area contributed by atoms with Gasteiger partial charge in [0.05, 0.1) is 18.4 Å². The maximum Gasteiger partial charge on any atom is 0.270 e. The van der Waals surface area contributed by atoms with Crippen molar-refractivity contribution in [1.82, 2.24) is 15.5 Å². The molecule has 0 radical (unpaired) electrons. The van der Waals surface area contributed by atoms with Gasteiger partial charge in [-0.3, -0.25) is 4.79 Å². The number of nitrogens with one attached hydrogen (secondary N) is 2. The summed E-state index contributed by atoms with van der Waals surface area (Å²) < 4.78 is 4.66. The molecular weight excluding hydrogens is 220 g/mol. The van der Waals surface area contributed by atoms with Gasteiger partial charge in [0.25, 0.3) is 5.91 Å². The summed E-state index contributed by atoms with van der Waals surface area (Å²) in [6.45, 7) is 0.324. The van der Waals surface area contributed by atoms with Crippen LogP contribution in [-0.4, -0.2) is 23.1 Å². The lowest BCUT2D eigenvalue weighted by atomic mass is 10.3. The monoisotopic (exact) mass is 232 g/mol. The number of amides is 1. The molecule has 2 heterocycles. The molecule has 0 fully saturated rings. The molecule has 6 nitrogen and oxygen atoms in total. The molecule has 1 amide bonds. The Morgan fingerprint density at radius 1 is 1.41 bits per heavy atom. The van der Waals surface area contributed by atoms with E-state index < -0.39 is 0 Å². The number of aromatic nitrogens is 2. The maximum absolute atomic E-state index is 11.7. The van der Waals surface area contributed by atoms with Crippen LogP contribution in [0.5, 0.6) is 0 Å². The van der Waals surface area contributed by atoms with Crippen LogP contribution >= 0.6 is 0 Å². The predicted molar refractivity (Wildman–Crippen MR) is 61.5 cm³/mol. The number of carbonyl (C=O) groups is 1. The highest BCUT2D eigenvalue weighted by molar-refractivity contribution is 5.92. The van der Waals surface area contributed by atoms with E-state index >= 15 is 0 Å². The molecule has 0 aliphatic carbocycles. The standard InChI is InChI=1S/C11H12N4O2/c1-12-8-2-3-10(13-6-8)11(16)14-7-9-4-5-17-15-9/h2-6,12H,7H2,1H3,(H,14,16). The fourth-order valence-electron chi connectivity index (χ4n) is 1.27. The van der Waals surface area contributed by atoms with Gasteiger partial charge in [0.1, 0.15) is 17.7 Å². The molecule has 2 aromatic rings. The molecule has 0 aliphatic rings. The molecule has 0 saturated carbocycles. The molecule has 0 atom stereocenters. The van der Waals surface area contributed by atoms with Gasteiger partial charge in [-0.1, -0.05) is 5.16 Å². The second-order valence-corrected chi connectivity index (χ2v) is 3.36. The number of anilines is 1. The number of hydrogen-bond acceptors (Lipinski definition) is 5. The Labute approximate surface area is 98.0 Å². The minimum Gasteiger partial charge on any atom is -0.387 e. The summed E-state index contributed by atoms with van der Waals surface area (Å²) in [7, 11) is 1.79. The number of hydrogen-bond donors (Lipinski definition) is 2. The van der Waals surface area contributed by atoms with E-state index in [4.69, 9.17) is 0 Å². The summed E-state index contributed by atoms with van der Waals surface area (Å²) in [5.41, 5.74) is 1.90. The Morgan fingerprint density at radius 3 is 2.88 bits per heavy atom. The van der Waals surface area contributed by atoms with Gasteiger partial charge in [0.2, 0.25) is 0 Å². The Morgan fingerprint density at radius 2 is 2.29 bits per heavy atom. The van der Waals surface area contributed by atoms with E-state index in [2.05, 4.69) is 25.3 Å². The first-order chi connectivity index (χ1) is 8.29. The zero-order valence-corrected chi connectivity index (χ0v) is 9.30. The van der Waals surface area contributed by atoms with Crippen molar-refractivity contribution in [3.8, 4) is 0 Å². The first-order valence-corrected chi connectivity index (χ1v) is 5.11. The van der Waals surface area contributed by atoms with Crippen LogP contribution in [0.15, 0.2) is 35.2 Å². The fraction of sp³-hybridized carbons (Fsp3) is 0.182. The van der Waals surface area contributed by atoms with Crippen LogP contribution in [0.25, 0.3) is 0 Å². The topological polar surface area (TPSA) is 80.0 Å². The van der Waals surface area contributed by atoms with Crippen LogP contribution in [0.3, 0.4) is 0 Å². The molecular formula is C11H12N4O2. The summed E-state index contributed by atoms with van der Waals surface area (Å²) in [6.07, 6.45) is 3.06. The zero-order chi connectivity index (χ0) is 12.1. The first kappa shape index (κ1) is 11.1. The van der Waals surface area contributed by atoms with Crippen molar-refractivity contribution in [3.63, 3.8) is 0 Å². The predicted octanol–water partition coefficient (Wildman–Crippen LogP) is 1.04. The summed E-state index contributed by atoms with van der Waals surface area (Å²) in [6, 6.07) is 5.14. The lowest BCUT2D eigenvalue weighted by Gasteiger charge is -2.03. The van der Waals surface area contributed by atoms with Crippen molar-refractivity contribution in [2.45, 2.75) is 6.54 Å². The molecule has 2 rings (SSSR count). The minimum absolute atomic E-state index is 0.240. The van der Waals surface area contributed by atoms with E-state index in [0.29, 0.717) is 17.9 Å². The van der Waals surface area contributed by atoms with E-state index in [9.17, 15) is 4.79 Å². The van der Waals surface area contributed by atoms with Gasteiger partial charge in [0, 0.05) is 13.1 Å². The molecule has 0 aromatic carbocycles. The third-order valence-electron chi connectivity index (χ3n) is 2.21. The number of carbonyl (C=O) groups excluding carboxylic acids is 1. The average molecular weight is 232 g/mol. The van der Waals surface area contributed by atoms with Crippen LogP contribution in [0.1, 0.15) is 16.2 Å².